The molecule has 1 amide bonds. The van der Waals surface area contributed by atoms with Crippen molar-refractivity contribution in [1.82, 2.24) is 10.0 Å². The first kappa shape index (κ1) is 23.6. The second kappa shape index (κ2) is 8.23. The van der Waals surface area contributed by atoms with Crippen molar-refractivity contribution in [3.63, 3.8) is 0 Å². The van der Waals surface area contributed by atoms with Crippen molar-refractivity contribution in [3.8, 4) is 11.1 Å². The molecule has 0 bridgehead atoms. The summed E-state index contributed by atoms with van der Waals surface area (Å²) in [5.74, 6) is -0.437. The topological polar surface area (TPSA) is 62.7 Å². The van der Waals surface area contributed by atoms with Crippen LogP contribution in [0.1, 0.15) is 28.5 Å². The van der Waals surface area contributed by atoms with Gasteiger partial charge in [-0.15, -0.1) is 0 Å². The predicted octanol–water partition coefficient (Wildman–Crippen LogP) is 4.26. The first-order valence-electron chi connectivity index (χ1n) is 8.55. The van der Waals surface area contributed by atoms with Crippen molar-refractivity contribution in [2.75, 3.05) is 14.2 Å². The standard InChI is InChI=1S/C19H18F6N2O3/c1-4-11-9-12(16(28)27(2)30-3)5-7-14(11)13-6-8-15(26-10-13)17(29,18(20,21)22)19(23,24)25/h5-10,29H,4H2,1-3H3. The third kappa shape index (κ3) is 4.12. The fraction of sp³-hybridized carbons (Fsp3) is 0.368. The number of alkyl halides is 6. The van der Waals surface area contributed by atoms with Gasteiger partial charge in [-0.2, -0.15) is 26.3 Å². The van der Waals surface area contributed by atoms with E-state index >= 15 is 0 Å². The summed E-state index contributed by atoms with van der Waals surface area (Å²) in [6, 6.07) is 5.98. The summed E-state index contributed by atoms with van der Waals surface area (Å²) in [4.78, 5) is 20.3. The quantitative estimate of drug-likeness (QED) is 0.562. The number of hydrogen-bond donors (Lipinski definition) is 1. The van der Waals surface area contributed by atoms with Gasteiger partial charge in [-0.25, -0.2) is 5.06 Å². The lowest BCUT2D eigenvalue weighted by molar-refractivity contribution is -0.377. The molecule has 0 atom stereocenters. The minimum absolute atomic E-state index is 0.224. The Morgan fingerprint density at radius 3 is 2.13 bits per heavy atom. The number of pyridine rings is 1. The highest BCUT2D eigenvalue weighted by atomic mass is 19.4. The van der Waals surface area contributed by atoms with Crippen molar-refractivity contribution in [2.24, 2.45) is 0 Å². The van der Waals surface area contributed by atoms with Gasteiger partial charge in [0.05, 0.1) is 12.8 Å². The fourth-order valence-electron chi connectivity index (χ4n) is 2.78. The predicted molar refractivity (Wildman–Crippen MR) is 94.2 cm³/mol. The number of nitrogens with zero attached hydrogens (tertiary/aromatic N) is 2. The molecular formula is C19H18F6N2O3. The maximum Gasteiger partial charge on any atom is 0.432 e. The molecule has 11 heteroatoms. The highest BCUT2D eigenvalue weighted by Gasteiger charge is 2.72. The smallest absolute Gasteiger partial charge is 0.368 e. The van der Waals surface area contributed by atoms with Gasteiger partial charge in [0.1, 0.15) is 0 Å². The second-order valence-corrected chi connectivity index (χ2v) is 6.35. The van der Waals surface area contributed by atoms with Crippen LogP contribution in [0.5, 0.6) is 0 Å². The Morgan fingerprint density at radius 2 is 1.70 bits per heavy atom. The van der Waals surface area contributed by atoms with Crippen molar-refractivity contribution >= 4 is 5.91 Å². The summed E-state index contributed by atoms with van der Waals surface area (Å²) in [5, 5.41) is 10.4. The number of rotatable bonds is 5. The summed E-state index contributed by atoms with van der Waals surface area (Å²) < 4.78 is 77.9. The van der Waals surface area contributed by atoms with Gasteiger partial charge in [-0.05, 0) is 35.7 Å². The van der Waals surface area contributed by atoms with Crippen LogP contribution in [-0.2, 0) is 16.9 Å². The number of aromatic nitrogens is 1. The molecular weight excluding hydrogens is 418 g/mol. The van der Waals surface area contributed by atoms with Crippen LogP contribution in [0, 0.1) is 0 Å². The van der Waals surface area contributed by atoms with Gasteiger partial charge in [-0.3, -0.25) is 14.6 Å². The maximum atomic E-state index is 13.0. The lowest BCUT2D eigenvalue weighted by Crippen LogP contribution is -2.54. The van der Waals surface area contributed by atoms with Gasteiger partial charge in [0.25, 0.3) is 11.5 Å². The molecule has 0 saturated heterocycles. The first-order chi connectivity index (χ1) is 13.8. The number of amides is 1. The molecule has 1 N–H and O–H groups in total. The van der Waals surface area contributed by atoms with Gasteiger partial charge in [0.2, 0.25) is 0 Å². The van der Waals surface area contributed by atoms with Crippen LogP contribution in [0.15, 0.2) is 36.5 Å². The molecule has 0 radical (unpaired) electrons. The Bertz CT molecular complexity index is 896. The molecule has 0 fully saturated rings. The number of halogens is 6. The third-order valence-corrected chi connectivity index (χ3v) is 4.56. The minimum Gasteiger partial charge on any atom is -0.368 e. The molecule has 2 rings (SSSR count). The molecule has 0 unspecified atom stereocenters. The molecule has 164 valence electrons. The number of hydroxylamine groups is 2. The molecule has 0 saturated carbocycles. The van der Waals surface area contributed by atoms with Gasteiger partial charge in [0, 0.05) is 24.4 Å². The van der Waals surface area contributed by atoms with Crippen molar-refractivity contribution in [3.05, 3.63) is 53.3 Å². The summed E-state index contributed by atoms with van der Waals surface area (Å²) in [6.45, 7) is 1.76. The van der Waals surface area contributed by atoms with Crippen LogP contribution in [-0.4, -0.2) is 47.6 Å². The highest BCUT2D eigenvalue weighted by molar-refractivity contribution is 5.94. The molecule has 0 aliphatic rings. The number of benzene rings is 1. The zero-order chi connectivity index (χ0) is 22.9. The summed E-state index contributed by atoms with van der Waals surface area (Å²) >= 11 is 0. The van der Waals surface area contributed by atoms with Gasteiger partial charge in [0.15, 0.2) is 0 Å². The monoisotopic (exact) mass is 436 g/mol. The van der Waals surface area contributed by atoms with Crippen molar-refractivity contribution < 1.29 is 41.1 Å². The van der Waals surface area contributed by atoms with E-state index in [1.807, 2.05) is 0 Å². The SMILES string of the molecule is CCc1cc(C(=O)N(C)OC)ccc1-c1ccc(C(O)(C(F)(F)F)C(F)(F)F)nc1. The molecule has 2 aromatic rings. The van der Waals surface area contributed by atoms with E-state index in [0.29, 0.717) is 23.6 Å². The molecule has 1 heterocycles. The Hall–Kier alpha value is -2.66. The summed E-state index contributed by atoms with van der Waals surface area (Å²) in [5.41, 5.74) is -5.09. The lowest BCUT2D eigenvalue weighted by Gasteiger charge is -2.31. The Kier molecular flexibility index (Phi) is 6.48. The molecule has 30 heavy (non-hydrogen) atoms. The molecule has 0 aliphatic heterocycles. The van der Waals surface area contributed by atoms with Gasteiger partial charge < -0.3 is 5.11 Å². The van der Waals surface area contributed by atoms with Gasteiger partial charge >= 0.3 is 12.4 Å². The normalized spacial score (nSPS) is 12.7. The van der Waals surface area contributed by atoms with Crippen LogP contribution in [0.25, 0.3) is 11.1 Å². The molecule has 1 aromatic heterocycles. The van der Waals surface area contributed by atoms with E-state index in [1.54, 1.807) is 13.0 Å². The number of carbonyl (C=O) groups is 1. The lowest BCUT2D eigenvalue weighted by atomic mass is 9.94. The van der Waals surface area contributed by atoms with E-state index in [1.165, 1.54) is 26.3 Å². The largest absolute Gasteiger partial charge is 0.432 e. The van der Waals surface area contributed by atoms with Crippen LogP contribution in [0.2, 0.25) is 0 Å². The zero-order valence-electron chi connectivity index (χ0n) is 16.1. The minimum atomic E-state index is -6.01. The van der Waals surface area contributed by atoms with Gasteiger partial charge in [-0.1, -0.05) is 19.1 Å². The van der Waals surface area contributed by atoms with Crippen LogP contribution in [0.3, 0.4) is 0 Å². The Labute approximate surface area is 167 Å². The van der Waals surface area contributed by atoms with Crippen molar-refractivity contribution in [2.45, 2.75) is 31.3 Å². The molecule has 0 spiro atoms. The third-order valence-electron chi connectivity index (χ3n) is 4.56. The van der Waals surface area contributed by atoms with Crippen LogP contribution in [0.4, 0.5) is 26.3 Å². The highest BCUT2D eigenvalue weighted by Crippen LogP contribution is 2.49. The number of hydrogen-bond acceptors (Lipinski definition) is 4. The molecule has 5 nitrogen and oxygen atoms in total. The summed E-state index contributed by atoms with van der Waals surface area (Å²) in [7, 11) is 2.72. The molecule has 0 aliphatic carbocycles. The van der Waals surface area contributed by atoms with Crippen LogP contribution >= 0.6 is 0 Å². The summed E-state index contributed by atoms with van der Waals surface area (Å²) in [6.07, 6.45) is -10.8. The van der Waals surface area contributed by atoms with E-state index in [2.05, 4.69) is 4.98 Å². The average Bonchev–Trinajstić information content (AvgIpc) is 2.69. The fourth-order valence-corrected chi connectivity index (χ4v) is 2.78. The molecule has 1 aromatic carbocycles. The van der Waals surface area contributed by atoms with E-state index in [4.69, 9.17) is 4.84 Å². The number of aryl methyl sites for hydroxylation is 1. The van der Waals surface area contributed by atoms with E-state index in [9.17, 15) is 36.2 Å². The number of carbonyl (C=O) groups excluding carboxylic acids is 1. The van der Waals surface area contributed by atoms with Crippen molar-refractivity contribution in [1.29, 1.82) is 0 Å². The van der Waals surface area contributed by atoms with Crippen LogP contribution < -0.4 is 0 Å². The second-order valence-electron chi connectivity index (χ2n) is 6.35. The van der Waals surface area contributed by atoms with E-state index < -0.39 is 29.6 Å². The Balaban J connectivity index is 2.49. The average molecular weight is 436 g/mol. The van der Waals surface area contributed by atoms with E-state index in [0.717, 1.165) is 17.3 Å². The first-order valence-corrected chi connectivity index (χ1v) is 8.55. The Morgan fingerprint density at radius 1 is 1.10 bits per heavy atom. The number of aliphatic hydroxyl groups is 1. The zero-order valence-corrected chi connectivity index (χ0v) is 16.1. The maximum absolute atomic E-state index is 13.0. The van der Waals surface area contributed by atoms with E-state index in [-0.39, 0.29) is 11.1 Å².